The number of ether oxygens (including phenoxy) is 1. The number of nitrogens with one attached hydrogen (secondary N) is 2. The van der Waals surface area contributed by atoms with Crippen LogP contribution in [0, 0.1) is 5.92 Å². The maximum Gasteiger partial charge on any atom is 0.407 e. The number of rotatable bonds is 4. The van der Waals surface area contributed by atoms with Gasteiger partial charge in [-0.15, -0.1) is 0 Å². The number of alkyl carbamates (subject to hydrolysis) is 1. The highest BCUT2D eigenvalue weighted by molar-refractivity contribution is 5.81. The first-order valence-corrected chi connectivity index (χ1v) is 8.30. The molecule has 0 aliphatic carbocycles. The number of carbonyl (C=O) groups is 2. The van der Waals surface area contributed by atoms with Crippen LogP contribution in [0.5, 0.6) is 0 Å². The largest absolute Gasteiger partial charge is 0.444 e. The average molecular weight is 333 g/mol. The van der Waals surface area contributed by atoms with Crippen LogP contribution in [-0.4, -0.2) is 30.2 Å². The number of para-hydroxylation sites is 1. The van der Waals surface area contributed by atoms with Gasteiger partial charge in [-0.1, -0.05) is 25.1 Å². The lowest BCUT2D eigenvalue weighted by Crippen LogP contribution is -2.46. The Balaban J connectivity index is 2.01. The fourth-order valence-electron chi connectivity index (χ4n) is 3.20. The lowest BCUT2D eigenvalue weighted by molar-refractivity contribution is -0.123. The Morgan fingerprint density at radius 2 is 1.96 bits per heavy atom. The molecule has 0 fully saturated rings. The zero-order chi connectivity index (χ0) is 17.9. The highest BCUT2D eigenvalue weighted by atomic mass is 16.6. The number of benzene rings is 1. The summed E-state index contributed by atoms with van der Waals surface area (Å²) in [6, 6.07) is 7.80. The Hall–Kier alpha value is -2.24. The molecule has 0 aromatic heterocycles. The monoisotopic (exact) mass is 333 g/mol. The van der Waals surface area contributed by atoms with Crippen molar-refractivity contribution in [2.45, 2.75) is 51.7 Å². The van der Waals surface area contributed by atoms with E-state index in [4.69, 9.17) is 10.5 Å². The zero-order valence-electron chi connectivity index (χ0n) is 14.8. The summed E-state index contributed by atoms with van der Waals surface area (Å²) in [5.41, 5.74) is 7.21. The number of primary amides is 1. The van der Waals surface area contributed by atoms with Gasteiger partial charge in [-0.05, 0) is 44.7 Å². The van der Waals surface area contributed by atoms with E-state index in [1.54, 1.807) is 0 Å². The zero-order valence-corrected chi connectivity index (χ0v) is 14.8. The molecule has 0 saturated carbocycles. The van der Waals surface area contributed by atoms with Crippen molar-refractivity contribution in [3.05, 3.63) is 29.8 Å². The van der Waals surface area contributed by atoms with Gasteiger partial charge in [0.25, 0.3) is 0 Å². The first-order chi connectivity index (χ1) is 11.2. The fraction of sp³-hybridized carbons (Fsp3) is 0.556. The lowest BCUT2D eigenvalue weighted by atomic mass is 9.77. The lowest BCUT2D eigenvalue weighted by Gasteiger charge is -2.37. The summed E-state index contributed by atoms with van der Waals surface area (Å²) in [5.74, 6) is -0.612. The predicted octanol–water partition coefficient (Wildman–Crippen LogP) is 2.60. The summed E-state index contributed by atoms with van der Waals surface area (Å²) in [5, 5.41) is 6.12. The first-order valence-electron chi connectivity index (χ1n) is 8.30. The molecule has 24 heavy (non-hydrogen) atoms. The molecule has 1 aliphatic rings. The van der Waals surface area contributed by atoms with Crippen LogP contribution in [0.2, 0.25) is 0 Å². The third kappa shape index (κ3) is 4.40. The molecule has 0 radical (unpaired) electrons. The van der Waals surface area contributed by atoms with Gasteiger partial charge in [0, 0.05) is 18.3 Å². The Labute approximate surface area is 143 Å². The molecule has 3 unspecified atom stereocenters. The number of carbonyl (C=O) groups excluding carboxylic acids is 2. The molecular weight excluding hydrogens is 306 g/mol. The number of hydrogen-bond donors (Lipinski definition) is 3. The van der Waals surface area contributed by atoms with Crippen LogP contribution in [0.3, 0.4) is 0 Å². The van der Waals surface area contributed by atoms with E-state index in [-0.39, 0.29) is 23.8 Å². The van der Waals surface area contributed by atoms with Crippen LogP contribution in [0.1, 0.15) is 45.6 Å². The Bertz CT molecular complexity index is 610. The maximum atomic E-state index is 11.9. The van der Waals surface area contributed by atoms with E-state index >= 15 is 0 Å². The van der Waals surface area contributed by atoms with E-state index in [1.165, 1.54) is 0 Å². The smallest absolute Gasteiger partial charge is 0.407 e. The van der Waals surface area contributed by atoms with Gasteiger partial charge < -0.3 is 21.1 Å². The summed E-state index contributed by atoms with van der Waals surface area (Å²) in [7, 11) is 0. The summed E-state index contributed by atoms with van der Waals surface area (Å²) < 4.78 is 5.22. The molecule has 132 valence electrons. The van der Waals surface area contributed by atoms with Crippen molar-refractivity contribution in [2.75, 3.05) is 11.9 Å². The van der Waals surface area contributed by atoms with Gasteiger partial charge in [0.15, 0.2) is 0 Å². The molecule has 1 heterocycles. The van der Waals surface area contributed by atoms with Gasteiger partial charge in [-0.25, -0.2) is 4.79 Å². The third-order valence-electron chi connectivity index (χ3n) is 4.22. The molecule has 1 aromatic carbocycles. The standard InChI is InChI=1S/C18H27N3O3/c1-11-12-7-5-6-8-13(12)21-14(15(11)16(19)22)9-10-20-17(23)24-18(2,3)4/h5-8,11,14-15,21H,9-10H2,1-4H3,(H2,19,22)(H,20,23). The summed E-state index contributed by atoms with van der Waals surface area (Å²) in [4.78, 5) is 23.7. The first kappa shape index (κ1) is 18.1. The molecule has 2 amide bonds. The van der Waals surface area contributed by atoms with E-state index in [0.717, 1.165) is 11.3 Å². The summed E-state index contributed by atoms with van der Waals surface area (Å²) >= 11 is 0. The van der Waals surface area contributed by atoms with E-state index in [2.05, 4.69) is 10.6 Å². The van der Waals surface area contributed by atoms with Crippen molar-refractivity contribution in [1.82, 2.24) is 5.32 Å². The quantitative estimate of drug-likeness (QED) is 0.789. The topological polar surface area (TPSA) is 93.4 Å². The molecule has 0 spiro atoms. The molecule has 4 N–H and O–H groups in total. The van der Waals surface area contributed by atoms with E-state index in [0.29, 0.717) is 13.0 Å². The van der Waals surface area contributed by atoms with Crippen molar-refractivity contribution in [3.63, 3.8) is 0 Å². The minimum Gasteiger partial charge on any atom is -0.444 e. The van der Waals surface area contributed by atoms with Crippen LogP contribution in [0.4, 0.5) is 10.5 Å². The van der Waals surface area contributed by atoms with Crippen molar-refractivity contribution < 1.29 is 14.3 Å². The van der Waals surface area contributed by atoms with Gasteiger partial charge in [-0.3, -0.25) is 4.79 Å². The minimum absolute atomic E-state index is 0.0338. The average Bonchev–Trinajstić information content (AvgIpc) is 2.45. The number of hydrogen-bond acceptors (Lipinski definition) is 4. The Kier molecular flexibility index (Phi) is 5.36. The third-order valence-corrected chi connectivity index (χ3v) is 4.22. The summed E-state index contributed by atoms with van der Waals surface area (Å²) in [6.07, 6.45) is 0.133. The molecule has 6 nitrogen and oxygen atoms in total. The van der Waals surface area contributed by atoms with Gasteiger partial charge in [0.1, 0.15) is 5.60 Å². The second-order valence-electron chi connectivity index (χ2n) is 7.27. The van der Waals surface area contributed by atoms with Crippen LogP contribution >= 0.6 is 0 Å². The van der Waals surface area contributed by atoms with Crippen LogP contribution in [0.25, 0.3) is 0 Å². The number of fused-ring (bicyclic) bond motifs is 1. The highest BCUT2D eigenvalue weighted by Gasteiger charge is 2.37. The highest BCUT2D eigenvalue weighted by Crippen LogP contribution is 2.38. The number of anilines is 1. The SMILES string of the molecule is CC1c2ccccc2NC(CCNC(=O)OC(C)(C)C)C1C(N)=O. The molecular formula is C18H27N3O3. The molecule has 2 rings (SSSR count). The maximum absolute atomic E-state index is 11.9. The Morgan fingerprint density at radius 1 is 1.29 bits per heavy atom. The predicted molar refractivity (Wildman–Crippen MR) is 93.8 cm³/mol. The van der Waals surface area contributed by atoms with E-state index in [9.17, 15) is 9.59 Å². The second kappa shape index (κ2) is 7.11. The molecule has 3 atom stereocenters. The van der Waals surface area contributed by atoms with Gasteiger partial charge in [0.05, 0.1) is 5.92 Å². The van der Waals surface area contributed by atoms with Gasteiger partial charge in [-0.2, -0.15) is 0 Å². The molecule has 6 heteroatoms. The van der Waals surface area contributed by atoms with E-state index in [1.807, 2.05) is 52.0 Å². The Morgan fingerprint density at radius 3 is 2.58 bits per heavy atom. The van der Waals surface area contributed by atoms with E-state index < -0.39 is 11.7 Å². The second-order valence-corrected chi connectivity index (χ2v) is 7.27. The molecule has 0 bridgehead atoms. The van der Waals surface area contributed by atoms with Gasteiger partial charge >= 0.3 is 6.09 Å². The van der Waals surface area contributed by atoms with Crippen molar-refractivity contribution >= 4 is 17.7 Å². The normalized spacial score (nSPS) is 22.9. The van der Waals surface area contributed by atoms with Crippen molar-refractivity contribution in [1.29, 1.82) is 0 Å². The fourth-order valence-corrected chi connectivity index (χ4v) is 3.20. The van der Waals surface area contributed by atoms with Crippen LogP contribution < -0.4 is 16.4 Å². The molecule has 1 aliphatic heterocycles. The van der Waals surface area contributed by atoms with Crippen molar-refractivity contribution in [2.24, 2.45) is 11.7 Å². The van der Waals surface area contributed by atoms with Gasteiger partial charge in [0.2, 0.25) is 5.91 Å². The number of nitrogens with two attached hydrogens (primary N) is 1. The molecule has 1 aromatic rings. The summed E-state index contributed by atoms with van der Waals surface area (Å²) in [6.45, 7) is 7.87. The number of amides is 2. The minimum atomic E-state index is -0.531. The van der Waals surface area contributed by atoms with Crippen molar-refractivity contribution in [3.8, 4) is 0 Å². The molecule has 0 saturated heterocycles. The van der Waals surface area contributed by atoms with Crippen LogP contribution in [0.15, 0.2) is 24.3 Å². The van der Waals surface area contributed by atoms with Crippen LogP contribution in [-0.2, 0) is 9.53 Å².